The van der Waals surface area contributed by atoms with Gasteiger partial charge in [-0.3, -0.25) is 0 Å². The number of hydrogen-bond donors (Lipinski definition) is 0. The van der Waals surface area contributed by atoms with E-state index in [1.165, 1.54) is 6.07 Å². The summed E-state index contributed by atoms with van der Waals surface area (Å²) in [5.74, 6) is -1.01. The first-order valence-electron chi connectivity index (χ1n) is 3.83. The predicted molar refractivity (Wildman–Crippen MR) is 45.4 cm³/mol. The number of rotatable bonds is 0. The van der Waals surface area contributed by atoms with Gasteiger partial charge in [0, 0.05) is 11.4 Å². The molecular weight excluding hydrogens is 195 g/mol. The Bertz CT molecular complexity index is 376. The third-order valence-corrected chi connectivity index (χ3v) is 2.30. The second-order valence-electron chi connectivity index (χ2n) is 2.80. The molecular formula is C9H6ClFO2. The summed E-state index contributed by atoms with van der Waals surface area (Å²) >= 11 is 5.76. The number of ether oxygens (including phenoxy) is 1. The van der Waals surface area contributed by atoms with Crippen LogP contribution in [0.4, 0.5) is 4.39 Å². The van der Waals surface area contributed by atoms with Crippen LogP contribution in [0.25, 0.3) is 0 Å². The van der Waals surface area contributed by atoms with Crippen molar-refractivity contribution in [2.75, 3.05) is 6.61 Å². The molecule has 0 saturated carbocycles. The number of cyclic esters (lactones) is 1. The van der Waals surface area contributed by atoms with Gasteiger partial charge >= 0.3 is 5.97 Å². The van der Waals surface area contributed by atoms with Crippen molar-refractivity contribution in [3.8, 4) is 0 Å². The van der Waals surface area contributed by atoms with E-state index in [-0.39, 0.29) is 5.56 Å². The fraction of sp³-hybridized carbons (Fsp3) is 0.222. The van der Waals surface area contributed by atoms with Crippen molar-refractivity contribution in [3.63, 3.8) is 0 Å². The molecule has 1 aliphatic rings. The highest BCUT2D eigenvalue weighted by atomic mass is 35.5. The molecule has 0 radical (unpaired) electrons. The van der Waals surface area contributed by atoms with Crippen LogP contribution in [0.1, 0.15) is 15.9 Å². The second kappa shape index (κ2) is 3.00. The zero-order valence-corrected chi connectivity index (χ0v) is 7.40. The molecule has 4 heteroatoms. The van der Waals surface area contributed by atoms with Crippen molar-refractivity contribution in [1.82, 2.24) is 0 Å². The molecule has 2 rings (SSSR count). The van der Waals surface area contributed by atoms with E-state index >= 15 is 0 Å². The summed E-state index contributed by atoms with van der Waals surface area (Å²) in [5.41, 5.74) is 0.926. The normalized spacial score (nSPS) is 15.1. The van der Waals surface area contributed by atoms with Gasteiger partial charge in [-0.15, -0.1) is 0 Å². The Morgan fingerprint density at radius 2 is 2.23 bits per heavy atom. The van der Waals surface area contributed by atoms with Crippen LogP contribution in [0.3, 0.4) is 0 Å². The van der Waals surface area contributed by atoms with Crippen LogP contribution in [-0.4, -0.2) is 12.6 Å². The Balaban J connectivity index is 2.63. The molecule has 1 aliphatic heterocycles. The third kappa shape index (κ3) is 1.40. The predicted octanol–water partition coefficient (Wildman–Crippen LogP) is 2.19. The van der Waals surface area contributed by atoms with E-state index in [1.54, 1.807) is 0 Å². The van der Waals surface area contributed by atoms with E-state index in [9.17, 15) is 9.18 Å². The zero-order chi connectivity index (χ0) is 9.42. The minimum absolute atomic E-state index is 0.247. The van der Waals surface area contributed by atoms with Crippen LogP contribution in [0.15, 0.2) is 12.1 Å². The van der Waals surface area contributed by atoms with Crippen LogP contribution in [0, 0.1) is 5.82 Å². The first-order chi connectivity index (χ1) is 6.18. The SMILES string of the molecule is O=C1OCCc2c(Cl)cc(F)cc21. The van der Waals surface area contributed by atoms with Crippen LogP contribution in [-0.2, 0) is 11.2 Å². The second-order valence-corrected chi connectivity index (χ2v) is 3.21. The van der Waals surface area contributed by atoms with E-state index in [4.69, 9.17) is 16.3 Å². The molecule has 0 aliphatic carbocycles. The van der Waals surface area contributed by atoms with Crippen molar-refractivity contribution in [1.29, 1.82) is 0 Å². The number of carbonyl (C=O) groups excluding carboxylic acids is 1. The van der Waals surface area contributed by atoms with Crippen LogP contribution in [0.2, 0.25) is 5.02 Å². The number of fused-ring (bicyclic) bond motifs is 1. The lowest BCUT2D eigenvalue weighted by Gasteiger charge is -2.16. The van der Waals surface area contributed by atoms with Gasteiger partial charge in [0.1, 0.15) is 5.82 Å². The van der Waals surface area contributed by atoms with Gasteiger partial charge in [-0.05, 0) is 17.7 Å². The summed E-state index contributed by atoms with van der Waals surface area (Å²) in [6.45, 7) is 0.317. The quantitative estimate of drug-likeness (QED) is 0.600. The minimum atomic E-state index is -0.511. The molecule has 0 unspecified atom stereocenters. The molecule has 0 spiro atoms. The molecule has 0 amide bonds. The van der Waals surface area contributed by atoms with Crippen molar-refractivity contribution in [2.24, 2.45) is 0 Å². The van der Waals surface area contributed by atoms with E-state index in [0.29, 0.717) is 23.6 Å². The number of benzene rings is 1. The zero-order valence-electron chi connectivity index (χ0n) is 6.64. The summed E-state index contributed by atoms with van der Waals surface area (Å²) in [4.78, 5) is 11.1. The molecule has 13 heavy (non-hydrogen) atoms. The van der Waals surface area contributed by atoms with Crippen molar-refractivity contribution in [3.05, 3.63) is 34.1 Å². The number of halogens is 2. The van der Waals surface area contributed by atoms with Crippen molar-refractivity contribution < 1.29 is 13.9 Å². The molecule has 0 fully saturated rings. The lowest BCUT2D eigenvalue weighted by molar-refractivity contribution is 0.0479. The van der Waals surface area contributed by atoms with Gasteiger partial charge in [0.05, 0.1) is 12.2 Å². The van der Waals surface area contributed by atoms with Crippen LogP contribution in [0.5, 0.6) is 0 Å². The fourth-order valence-electron chi connectivity index (χ4n) is 1.36. The summed E-state index contributed by atoms with van der Waals surface area (Å²) in [6, 6.07) is 2.36. The lowest BCUT2D eigenvalue weighted by Crippen LogP contribution is -2.18. The monoisotopic (exact) mass is 200 g/mol. The lowest BCUT2D eigenvalue weighted by atomic mass is 10.0. The average Bonchev–Trinajstić information content (AvgIpc) is 2.07. The summed E-state index contributed by atoms with van der Waals surface area (Å²) < 4.78 is 17.6. The van der Waals surface area contributed by atoms with Gasteiger partial charge in [-0.1, -0.05) is 11.6 Å². The van der Waals surface area contributed by atoms with Gasteiger partial charge in [0.25, 0.3) is 0 Å². The highest BCUT2D eigenvalue weighted by Crippen LogP contribution is 2.25. The summed E-state index contributed by atoms with van der Waals surface area (Å²) in [5, 5.41) is 0.298. The van der Waals surface area contributed by atoms with Crippen LogP contribution < -0.4 is 0 Å². The van der Waals surface area contributed by atoms with Gasteiger partial charge < -0.3 is 4.74 Å². The van der Waals surface area contributed by atoms with Gasteiger partial charge in [-0.2, -0.15) is 0 Å². The van der Waals surface area contributed by atoms with Crippen molar-refractivity contribution >= 4 is 17.6 Å². The topological polar surface area (TPSA) is 26.3 Å². The molecule has 0 atom stereocenters. The highest BCUT2D eigenvalue weighted by Gasteiger charge is 2.21. The molecule has 0 saturated heterocycles. The first-order valence-corrected chi connectivity index (χ1v) is 4.21. The molecule has 1 heterocycles. The van der Waals surface area contributed by atoms with Crippen LogP contribution >= 0.6 is 11.6 Å². The first kappa shape index (κ1) is 8.51. The Morgan fingerprint density at radius 1 is 1.46 bits per heavy atom. The Hall–Kier alpha value is -1.09. The number of esters is 1. The van der Waals surface area contributed by atoms with E-state index in [0.717, 1.165) is 6.07 Å². The molecule has 2 nitrogen and oxygen atoms in total. The average molecular weight is 201 g/mol. The molecule has 0 bridgehead atoms. The Kier molecular flexibility index (Phi) is 1.96. The number of hydrogen-bond acceptors (Lipinski definition) is 2. The maximum absolute atomic E-state index is 12.8. The van der Waals surface area contributed by atoms with E-state index in [1.807, 2.05) is 0 Å². The van der Waals surface area contributed by atoms with Gasteiger partial charge in [0.15, 0.2) is 0 Å². The van der Waals surface area contributed by atoms with E-state index in [2.05, 4.69) is 0 Å². The Labute approximate surface area is 79.3 Å². The summed E-state index contributed by atoms with van der Waals surface area (Å²) in [6.07, 6.45) is 0.556. The van der Waals surface area contributed by atoms with Gasteiger partial charge in [-0.25, -0.2) is 9.18 Å². The minimum Gasteiger partial charge on any atom is -0.462 e. The third-order valence-electron chi connectivity index (χ3n) is 1.97. The van der Waals surface area contributed by atoms with Gasteiger partial charge in [0.2, 0.25) is 0 Å². The smallest absolute Gasteiger partial charge is 0.338 e. The largest absolute Gasteiger partial charge is 0.462 e. The van der Waals surface area contributed by atoms with E-state index < -0.39 is 11.8 Å². The standard InChI is InChI=1S/C9H6ClFO2/c10-8-4-5(11)3-7-6(8)1-2-13-9(7)12/h3-4H,1-2H2. The molecule has 1 aromatic rings. The summed E-state index contributed by atoms with van der Waals surface area (Å²) in [7, 11) is 0. The van der Waals surface area contributed by atoms with Crippen molar-refractivity contribution in [2.45, 2.75) is 6.42 Å². The fourth-order valence-corrected chi connectivity index (χ4v) is 1.66. The molecule has 0 aromatic heterocycles. The molecule has 1 aromatic carbocycles. The molecule has 0 N–H and O–H groups in total. The molecule has 68 valence electrons. The Morgan fingerprint density at radius 3 is 3.00 bits per heavy atom. The maximum atomic E-state index is 12.8. The highest BCUT2D eigenvalue weighted by molar-refractivity contribution is 6.31. The maximum Gasteiger partial charge on any atom is 0.338 e. The number of carbonyl (C=O) groups is 1.